The maximum Gasteiger partial charge on any atom is 0.330 e. The second kappa shape index (κ2) is 4.91. The molecule has 2 rings (SSSR count). The van der Waals surface area contributed by atoms with Crippen molar-refractivity contribution in [2.75, 3.05) is 13.7 Å². The van der Waals surface area contributed by atoms with E-state index in [1.165, 1.54) is 4.57 Å². The number of ether oxygens (including phenoxy) is 1. The molecule has 0 saturated heterocycles. The number of fused-ring (bicyclic) bond motifs is 1. The lowest BCUT2D eigenvalue weighted by molar-refractivity contribution is 0.190. The molecule has 0 fully saturated rings. The van der Waals surface area contributed by atoms with Crippen molar-refractivity contribution in [3.63, 3.8) is 0 Å². The SMILES string of the molecule is COCCCn1c(=O)[nH]c(=O)c2c1[nH]c(=S)n2C. The standard InChI is InChI=1S/C10H14N4O3S/c1-13-6-7(11-10(13)18)14(4-3-5-17-2)9(16)12-8(6)15/h3-5H2,1-2H3,(H,11,18)(H,12,15,16). The summed E-state index contributed by atoms with van der Waals surface area (Å²) in [4.78, 5) is 28.7. The van der Waals surface area contributed by atoms with E-state index in [-0.39, 0.29) is 0 Å². The van der Waals surface area contributed by atoms with Gasteiger partial charge in [0.2, 0.25) is 0 Å². The number of nitrogens with one attached hydrogen (secondary N) is 2. The number of nitrogens with zero attached hydrogens (tertiary/aromatic N) is 2. The fourth-order valence-electron chi connectivity index (χ4n) is 1.87. The molecule has 0 spiro atoms. The van der Waals surface area contributed by atoms with Gasteiger partial charge in [0.05, 0.1) is 0 Å². The molecule has 2 heterocycles. The van der Waals surface area contributed by atoms with Crippen LogP contribution in [0.4, 0.5) is 0 Å². The number of aryl methyl sites for hydroxylation is 2. The van der Waals surface area contributed by atoms with Crippen LogP contribution in [0.5, 0.6) is 0 Å². The Kier molecular flexibility index (Phi) is 3.48. The molecular formula is C10H14N4O3S. The van der Waals surface area contributed by atoms with Crippen LogP contribution in [0.3, 0.4) is 0 Å². The van der Waals surface area contributed by atoms with Gasteiger partial charge in [-0.2, -0.15) is 0 Å². The Morgan fingerprint density at radius 2 is 2.06 bits per heavy atom. The maximum atomic E-state index is 11.8. The molecule has 2 N–H and O–H groups in total. The second-order valence-electron chi connectivity index (χ2n) is 3.94. The molecule has 0 aromatic carbocycles. The van der Waals surface area contributed by atoms with Crippen molar-refractivity contribution in [1.82, 2.24) is 19.1 Å². The first-order valence-corrected chi connectivity index (χ1v) is 5.88. The van der Waals surface area contributed by atoms with Gasteiger partial charge in [-0.1, -0.05) is 0 Å². The molecule has 0 saturated carbocycles. The highest BCUT2D eigenvalue weighted by Crippen LogP contribution is 2.06. The molecule has 0 amide bonds. The normalized spacial score (nSPS) is 11.2. The molecule has 8 heteroatoms. The van der Waals surface area contributed by atoms with Gasteiger partial charge in [-0.3, -0.25) is 14.3 Å². The Hall–Kier alpha value is -1.67. The minimum absolute atomic E-state index is 0.372. The number of imidazole rings is 1. The molecular weight excluding hydrogens is 256 g/mol. The molecule has 2 aromatic rings. The van der Waals surface area contributed by atoms with Crippen molar-refractivity contribution in [2.45, 2.75) is 13.0 Å². The smallest absolute Gasteiger partial charge is 0.330 e. The van der Waals surface area contributed by atoms with Crippen molar-refractivity contribution in [2.24, 2.45) is 7.05 Å². The minimum Gasteiger partial charge on any atom is -0.385 e. The van der Waals surface area contributed by atoms with Gasteiger partial charge >= 0.3 is 5.69 Å². The second-order valence-corrected chi connectivity index (χ2v) is 4.33. The Morgan fingerprint density at radius 3 is 2.72 bits per heavy atom. The molecule has 18 heavy (non-hydrogen) atoms. The lowest BCUT2D eigenvalue weighted by atomic mass is 10.4. The van der Waals surface area contributed by atoms with Crippen molar-refractivity contribution in [3.8, 4) is 0 Å². The van der Waals surface area contributed by atoms with Gasteiger partial charge in [-0.25, -0.2) is 4.79 Å². The van der Waals surface area contributed by atoms with Gasteiger partial charge in [-0.05, 0) is 18.6 Å². The summed E-state index contributed by atoms with van der Waals surface area (Å²) in [5.41, 5.74) is -0.0577. The van der Waals surface area contributed by atoms with Crippen LogP contribution in [0.15, 0.2) is 9.59 Å². The van der Waals surface area contributed by atoms with Gasteiger partial charge in [0, 0.05) is 27.3 Å². The first kappa shape index (κ1) is 12.8. The van der Waals surface area contributed by atoms with Crippen LogP contribution in [0, 0.1) is 4.77 Å². The van der Waals surface area contributed by atoms with Crippen LogP contribution in [-0.2, 0) is 18.3 Å². The van der Waals surface area contributed by atoms with Crippen LogP contribution >= 0.6 is 12.2 Å². The van der Waals surface area contributed by atoms with Gasteiger partial charge < -0.3 is 14.3 Å². The van der Waals surface area contributed by atoms with E-state index in [4.69, 9.17) is 17.0 Å². The summed E-state index contributed by atoms with van der Waals surface area (Å²) in [6, 6.07) is 0. The molecule has 7 nitrogen and oxygen atoms in total. The van der Waals surface area contributed by atoms with Crippen molar-refractivity contribution >= 4 is 23.4 Å². The molecule has 0 aliphatic rings. The van der Waals surface area contributed by atoms with Gasteiger partial charge in [0.15, 0.2) is 10.3 Å². The van der Waals surface area contributed by atoms with Crippen molar-refractivity contribution in [1.29, 1.82) is 0 Å². The third-order valence-corrected chi connectivity index (χ3v) is 3.15. The van der Waals surface area contributed by atoms with Gasteiger partial charge in [0.25, 0.3) is 5.56 Å². The molecule has 0 bridgehead atoms. The zero-order valence-corrected chi connectivity index (χ0v) is 11.0. The lowest BCUT2D eigenvalue weighted by Crippen LogP contribution is -2.31. The van der Waals surface area contributed by atoms with Crippen LogP contribution in [0.2, 0.25) is 0 Å². The summed E-state index contributed by atoms with van der Waals surface area (Å²) in [5, 5.41) is 0. The number of H-pyrrole nitrogens is 2. The van der Waals surface area contributed by atoms with E-state index in [1.807, 2.05) is 0 Å². The molecule has 0 atom stereocenters. The number of rotatable bonds is 4. The highest BCUT2D eigenvalue weighted by Gasteiger charge is 2.11. The molecule has 0 aliphatic heterocycles. The summed E-state index contributed by atoms with van der Waals surface area (Å²) < 4.78 is 8.36. The molecule has 2 aromatic heterocycles. The predicted octanol–water partition coefficient (Wildman–Crippen LogP) is 0.122. The Bertz CT molecular complexity index is 736. The summed E-state index contributed by atoms with van der Waals surface area (Å²) in [7, 11) is 3.28. The third-order valence-electron chi connectivity index (χ3n) is 2.77. The first-order valence-electron chi connectivity index (χ1n) is 5.47. The molecule has 0 unspecified atom stereocenters. The molecule has 0 aliphatic carbocycles. The third kappa shape index (κ3) is 2.04. The Labute approximate surface area is 107 Å². The number of hydrogen-bond acceptors (Lipinski definition) is 4. The summed E-state index contributed by atoms with van der Waals surface area (Å²) >= 11 is 5.07. The number of hydrogen-bond donors (Lipinski definition) is 2. The van der Waals surface area contributed by atoms with Gasteiger partial charge in [-0.15, -0.1) is 0 Å². The van der Waals surface area contributed by atoms with E-state index < -0.39 is 11.2 Å². The van der Waals surface area contributed by atoms with E-state index in [2.05, 4.69) is 9.97 Å². The first-order chi connectivity index (χ1) is 8.56. The van der Waals surface area contributed by atoms with E-state index in [1.54, 1.807) is 18.7 Å². The molecule has 0 radical (unpaired) electrons. The topological polar surface area (TPSA) is 84.8 Å². The van der Waals surface area contributed by atoms with Crippen LogP contribution in [-0.4, -0.2) is 32.8 Å². The minimum atomic E-state index is -0.444. The van der Waals surface area contributed by atoms with Crippen LogP contribution in [0.25, 0.3) is 11.2 Å². The largest absolute Gasteiger partial charge is 0.385 e. The monoisotopic (exact) mass is 270 g/mol. The van der Waals surface area contributed by atoms with Gasteiger partial charge in [0.1, 0.15) is 5.65 Å². The fraction of sp³-hybridized carbons (Fsp3) is 0.500. The quantitative estimate of drug-likeness (QED) is 0.610. The average Bonchev–Trinajstić information content (AvgIpc) is 2.60. The number of aromatic nitrogens is 4. The zero-order chi connectivity index (χ0) is 13.3. The van der Waals surface area contributed by atoms with E-state index >= 15 is 0 Å². The van der Waals surface area contributed by atoms with Crippen molar-refractivity contribution < 1.29 is 4.74 Å². The number of aromatic amines is 2. The van der Waals surface area contributed by atoms with E-state index in [0.29, 0.717) is 35.5 Å². The van der Waals surface area contributed by atoms with E-state index in [9.17, 15) is 9.59 Å². The Morgan fingerprint density at radius 1 is 1.33 bits per heavy atom. The van der Waals surface area contributed by atoms with Crippen molar-refractivity contribution in [3.05, 3.63) is 25.6 Å². The summed E-state index contributed by atoms with van der Waals surface area (Å²) in [6.07, 6.45) is 0.674. The summed E-state index contributed by atoms with van der Waals surface area (Å²) in [5.74, 6) is 0. The van der Waals surface area contributed by atoms with Crippen LogP contribution < -0.4 is 11.2 Å². The highest BCUT2D eigenvalue weighted by molar-refractivity contribution is 7.71. The Balaban J connectivity index is 2.65. The lowest BCUT2D eigenvalue weighted by Gasteiger charge is -2.05. The number of methoxy groups -OCH3 is 1. The predicted molar refractivity (Wildman–Crippen MR) is 69.5 cm³/mol. The highest BCUT2D eigenvalue weighted by atomic mass is 32.1. The zero-order valence-electron chi connectivity index (χ0n) is 10.1. The van der Waals surface area contributed by atoms with E-state index in [0.717, 1.165) is 0 Å². The maximum absolute atomic E-state index is 11.8. The van der Waals surface area contributed by atoms with Crippen LogP contribution in [0.1, 0.15) is 6.42 Å². The molecule has 98 valence electrons. The average molecular weight is 270 g/mol. The fourth-order valence-corrected chi connectivity index (χ4v) is 2.05. The summed E-state index contributed by atoms with van der Waals surface area (Å²) in [6.45, 7) is 0.996.